The Kier molecular flexibility index (Phi) is 3.14. The Morgan fingerprint density at radius 1 is 1.53 bits per heavy atom. The highest BCUT2D eigenvalue weighted by Crippen LogP contribution is 2.32. The highest BCUT2D eigenvalue weighted by molar-refractivity contribution is 5.76. The van der Waals surface area contributed by atoms with E-state index in [1.807, 2.05) is 0 Å². The van der Waals surface area contributed by atoms with Crippen LogP contribution in [0.15, 0.2) is 12.1 Å². The second-order valence-corrected chi connectivity index (χ2v) is 3.11. The standard InChI is InChI=1S/C10H11FO4/c1-5(10(13)14)6-3-8(12)9(15-2)4-7(6)11/h3-5,12H,1-2H3,(H,13,14). The van der Waals surface area contributed by atoms with Gasteiger partial charge in [-0.1, -0.05) is 0 Å². The third-order valence-electron chi connectivity index (χ3n) is 2.14. The molecule has 0 heterocycles. The summed E-state index contributed by atoms with van der Waals surface area (Å²) in [5.74, 6) is -3.17. The molecule has 1 aromatic carbocycles. The summed E-state index contributed by atoms with van der Waals surface area (Å²) in [6.07, 6.45) is 0. The lowest BCUT2D eigenvalue weighted by Gasteiger charge is -2.10. The Balaban J connectivity index is 3.21. The van der Waals surface area contributed by atoms with Crippen LogP contribution < -0.4 is 4.74 Å². The number of benzene rings is 1. The lowest BCUT2D eigenvalue weighted by molar-refractivity contribution is -0.138. The Morgan fingerprint density at radius 2 is 2.13 bits per heavy atom. The van der Waals surface area contributed by atoms with Crippen LogP contribution in [0.3, 0.4) is 0 Å². The molecule has 5 heteroatoms. The van der Waals surface area contributed by atoms with E-state index in [1.54, 1.807) is 0 Å². The Bertz CT molecular complexity index is 389. The number of aromatic hydroxyl groups is 1. The minimum absolute atomic E-state index is 0.0196. The van der Waals surface area contributed by atoms with Gasteiger partial charge in [0.1, 0.15) is 5.82 Å². The van der Waals surface area contributed by atoms with Gasteiger partial charge in [0.05, 0.1) is 13.0 Å². The number of phenolic OH excluding ortho intramolecular Hbond substituents is 1. The molecule has 0 fully saturated rings. The van der Waals surface area contributed by atoms with E-state index >= 15 is 0 Å². The van der Waals surface area contributed by atoms with Gasteiger partial charge in [-0.3, -0.25) is 4.79 Å². The van der Waals surface area contributed by atoms with Crippen LogP contribution in [0.4, 0.5) is 4.39 Å². The van der Waals surface area contributed by atoms with Gasteiger partial charge in [0.25, 0.3) is 0 Å². The molecule has 4 nitrogen and oxygen atoms in total. The van der Waals surface area contributed by atoms with Crippen LogP contribution in [0.1, 0.15) is 18.4 Å². The summed E-state index contributed by atoms with van der Waals surface area (Å²) in [7, 11) is 1.29. The van der Waals surface area contributed by atoms with Gasteiger partial charge >= 0.3 is 5.97 Å². The first-order chi connectivity index (χ1) is 6.97. The zero-order chi connectivity index (χ0) is 11.6. The van der Waals surface area contributed by atoms with E-state index in [2.05, 4.69) is 4.74 Å². The van der Waals surface area contributed by atoms with Crippen LogP contribution in [-0.4, -0.2) is 23.3 Å². The minimum Gasteiger partial charge on any atom is -0.504 e. The quantitative estimate of drug-likeness (QED) is 0.804. The van der Waals surface area contributed by atoms with E-state index in [0.717, 1.165) is 12.1 Å². The number of carbonyl (C=O) groups is 1. The van der Waals surface area contributed by atoms with E-state index in [4.69, 9.17) is 5.11 Å². The summed E-state index contributed by atoms with van der Waals surface area (Å²) in [5.41, 5.74) is -0.0687. The molecule has 0 radical (unpaired) electrons. The van der Waals surface area contributed by atoms with Crippen LogP contribution in [-0.2, 0) is 4.79 Å². The molecule has 0 aliphatic rings. The zero-order valence-corrected chi connectivity index (χ0v) is 8.32. The summed E-state index contributed by atoms with van der Waals surface area (Å²) in [6.45, 7) is 1.34. The molecule has 0 bridgehead atoms. The van der Waals surface area contributed by atoms with Crippen LogP contribution in [0.5, 0.6) is 11.5 Å². The predicted octanol–water partition coefficient (Wildman–Crippen LogP) is 1.73. The molecule has 0 amide bonds. The van der Waals surface area contributed by atoms with Crippen molar-refractivity contribution in [2.75, 3.05) is 7.11 Å². The molecule has 1 rings (SSSR count). The number of hydrogen-bond donors (Lipinski definition) is 2. The second kappa shape index (κ2) is 4.16. The van der Waals surface area contributed by atoms with E-state index < -0.39 is 17.7 Å². The van der Waals surface area contributed by atoms with Crippen molar-refractivity contribution in [2.45, 2.75) is 12.8 Å². The van der Waals surface area contributed by atoms with Gasteiger partial charge in [-0.15, -0.1) is 0 Å². The van der Waals surface area contributed by atoms with Gasteiger partial charge in [0, 0.05) is 11.6 Å². The number of carboxylic acid groups (broad SMARTS) is 1. The summed E-state index contributed by atoms with van der Waals surface area (Å²) >= 11 is 0. The Labute approximate surface area is 85.9 Å². The summed E-state index contributed by atoms with van der Waals surface area (Å²) in [5, 5.41) is 18.1. The number of phenols is 1. The molecular weight excluding hydrogens is 203 g/mol. The van der Waals surface area contributed by atoms with Crippen molar-refractivity contribution in [1.29, 1.82) is 0 Å². The maximum atomic E-state index is 13.4. The normalized spacial score (nSPS) is 12.2. The average molecular weight is 214 g/mol. The number of methoxy groups -OCH3 is 1. The van der Waals surface area contributed by atoms with Crippen molar-refractivity contribution in [3.63, 3.8) is 0 Å². The Morgan fingerprint density at radius 3 is 2.60 bits per heavy atom. The molecule has 0 spiro atoms. The fraction of sp³-hybridized carbons (Fsp3) is 0.300. The molecule has 0 aliphatic carbocycles. The molecule has 15 heavy (non-hydrogen) atoms. The number of hydrogen-bond acceptors (Lipinski definition) is 3. The van der Waals surface area contributed by atoms with Gasteiger partial charge in [-0.2, -0.15) is 0 Å². The predicted molar refractivity (Wildman–Crippen MR) is 50.7 cm³/mol. The largest absolute Gasteiger partial charge is 0.504 e. The number of ether oxygens (including phenoxy) is 1. The summed E-state index contributed by atoms with van der Waals surface area (Å²) in [6, 6.07) is 2.02. The maximum absolute atomic E-state index is 13.4. The smallest absolute Gasteiger partial charge is 0.310 e. The fourth-order valence-corrected chi connectivity index (χ4v) is 1.19. The van der Waals surface area contributed by atoms with Crippen molar-refractivity contribution < 1.29 is 24.1 Å². The minimum atomic E-state index is -1.15. The first kappa shape index (κ1) is 11.3. The monoisotopic (exact) mass is 214 g/mol. The van der Waals surface area contributed by atoms with Crippen molar-refractivity contribution >= 4 is 5.97 Å². The van der Waals surface area contributed by atoms with Crippen molar-refractivity contribution in [1.82, 2.24) is 0 Å². The number of halogens is 1. The summed E-state index contributed by atoms with van der Waals surface area (Å²) in [4.78, 5) is 10.6. The number of rotatable bonds is 3. The molecule has 1 unspecified atom stereocenters. The fourth-order valence-electron chi connectivity index (χ4n) is 1.19. The van der Waals surface area contributed by atoms with Gasteiger partial charge in [0.2, 0.25) is 0 Å². The molecule has 82 valence electrons. The first-order valence-electron chi connectivity index (χ1n) is 4.26. The lowest BCUT2D eigenvalue weighted by atomic mass is 10.0. The van der Waals surface area contributed by atoms with Crippen molar-refractivity contribution in [3.05, 3.63) is 23.5 Å². The van der Waals surface area contributed by atoms with Crippen LogP contribution in [0, 0.1) is 5.82 Å². The molecule has 0 saturated heterocycles. The number of carboxylic acids is 1. The molecule has 1 atom stereocenters. The van der Waals surface area contributed by atoms with Gasteiger partial charge in [-0.25, -0.2) is 4.39 Å². The third-order valence-corrected chi connectivity index (χ3v) is 2.14. The van der Waals surface area contributed by atoms with Crippen LogP contribution in [0.25, 0.3) is 0 Å². The van der Waals surface area contributed by atoms with Crippen LogP contribution in [0.2, 0.25) is 0 Å². The van der Waals surface area contributed by atoms with E-state index in [0.29, 0.717) is 0 Å². The van der Waals surface area contributed by atoms with E-state index in [9.17, 15) is 14.3 Å². The maximum Gasteiger partial charge on any atom is 0.310 e. The summed E-state index contributed by atoms with van der Waals surface area (Å²) < 4.78 is 18.1. The third kappa shape index (κ3) is 2.18. The molecule has 0 saturated carbocycles. The topological polar surface area (TPSA) is 66.8 Å². The molecule has 0 aromatic heterocycles. The Hall–Kier alpha value is -1.78. The average Bonchev–Trinajstić information content (AvgIpc) is 2.19. The SMILES string of the molecule is COc1cc(F)c(C(C)C(=O)O)cc1O. The van der Waals surface area contributed by atoms with Gasteiger partial charge in [0.15, 0.2) is 11.5 Å². The van der Waals surface area contributed by atoms with Crippen molar-refractivity contribution in [2.24, 2.45) is 0 Å². The van der Waals surface area contributed by atoms with Crippen molar-refractivity contribution in [3.8, 4) is 11.5 Å². The molecular formula is C10H11FO4. The molecule has 0 aliphatic heterocycles. The highest BCUT2D eigenvalue weighted by Gasteiger charge is 2.20. The van der Waals surface area contributed by atoms with Crippen LogP contribution >= 0.6 is 0 Å². The second-order valence-electron chi connectivity index (χ2n) is 3.11. The molecule has 1 aromatic rings. The zero-order valence-electron chi connectivity index (χ0n) is 8.32. The lowest BCUT2D eigenvalue weighted by Crippen LogP contribution is -2.09. The molecule has 2 N–H and O–H groups in total. The van der Waals surface area contributed by atoms with E-state index in [1.165, 1.54) is 14.0 Å². The number of aliphatic carboxylic acids is 1. The van der Waals surface area contributed by atoms with E-state index in [-0.39, 0.29) is 17.1 Å². The van der Waals surface area contributed by atoms with Gasteiger partial charge in [-0.05, 0) is 13.0 Å². The first-order valence-corrected chi connectivity index (χ1v) is 4.26. The van der Waals surface area contributed by atoms with Gasteiger partial charge < -0.3 is 14.9 Å². The highest BCUT2D eigenvalue weighted by atomic mass is 19.1.